The Balaban J connectivity index is 1.67. The Kier molecular flexibility index (Phi) is 5.36. The smallest absolute Gasteiger partial charge is 0.262 e. The molecule has 4 nitrogen and oxygen atoms in total. The molecule has 0 radical (unpaired) electrons. The number of likely N-dealkylation sites (tertiary alicyclic amines) is 1. The normalized spacial score (nSPS) is 19.2. The van der Waals surface area contributed by atoms with Gasteiger partial charge in [-0.25, -0.2) is 17.6 Å². The molecule has 2 N–H and O–H groups in total. The molecule has 1 atom stereocenters. The number of rotatable bonds is 6. The zero-order valence-electron chi connectivity index (χ0n) is 14.3. The van der Waals surface area contributed by atoms with Crippen molar-refractivity contribution in [1.29, 1.82) is 0 Å². The van der Waals surface area contributed by atoms with Crippen LogP contribution in [0.2, 0.25) is 0 Å². The molecule has 0 saturated carbocycles. The van der Waals surface area contributed by atoms with E-state index < -0.39 is 42.5 Å². The van der Waals surface area contributed by atoms with E-state index in [4.69, 9.17) is 10.5 Å². The van der Waals surface area contributed by atoms with Crippen molar-refractivity contribution in [2.24, 2.45) is 5.73 Å². The maximum Gasteiger partial charge on any atom is 0.262 e. The molecule has 1 heterocycles. The first kappa shape index (κ1) is 19.2. The lowest BCUT2D eigenvalue weighted by atomic mass is 10.1. The molecule has 0 aromatic heterocycles. The SMILES string of the molecule is NC(=O)C1CC(F)(F)CN1Cc1ccc(OCc2cccc(F)c2)cc1F. The van der Waals surface area contributed by atoms with Gasteiger partial charge in [0, 0.05) is 24.6 Å². The van der Waals surface area contributed by atoms with Crippen molar-refractivity contribution in [1.82, 2.24) is 4.90 Å². The predicted molar refractivity (Wildman–Crippen MR) is 90.1 cm³/mol. The van der Waals surface area contributed by atoms with E-state index in [0.29, 0.717) is 5.56 Å². The average Bonchev–Trinajstić information content (AvgIpc) is 2.90. The summed E-state index contributed by atoms with van der Waals surface area (Å²) in [6.45, 7) is -0.768. The first-order valence-electron chi connectivity index (χ1n) is 8.30. The molecular formula is C19H18F4N2O2. The molecule has 1 fully saturated rings. The van der Waals surface area contributed by atoms with Gasteiger partial charge in [-0.3, -0.25) is 9.69 Å². The van der Waals surface area contributed by atoms with Crippen LogP contribution in [0.15, 0.2) is 42.5 Å². The number of primary amides is 1. The van der Waals surface area contributed by atoms with Crippen molar-refractivity contribution in [3.63, 3.8) is 0 Å². The Bertz CT molecular complexity index is 844. The number of hydrogen-bond acceptors (Lipinski definition) is 3. The number of benzene rings is 2. The predicted octanol–water partition coefficient (Wildman–Crippen LogP) is 3.24. The molecular weight excluding hydrogens is 364 g/mol. The summed E-state index contributed by atoms with van der Waals surface area (Å²) in [6, 6.07) is 8.71. The van der Waals surface area contributed by atoms with E-state index in [1.54, 1.807) is 12.1 Å². The van der Waals surface area contributed by atoms with Gasteiger partial charge in [0.05, 0.1) is 12.6 Å². The molecule has 144 valence electrons. The number of carbonyl (C=O) groups excluding carboxylic acids is 1. The summed E-state index contributed by atoms with van der Waals surface area (Å²) in [5, 5.41) is 0. The first-order valence-corrected chi connectivity index (χ1v) is 8.30. The Morgan fingerprint density at radius 2 is 2.00 bits per heavy atom. The third-order valence-electron chi connectivity index (χ3n) is 4.39. The lowest BCUT2D eigenvalue weighted by Gasteiger charge is -2.21. The number of ether oxygens (including phenoxy) is 1. The van der Waals surface area contributed by atoms with Crippen molar-refractivity contribution in [3.05, 3.63) is 65.2 Å². The summed E-state index contributed by atoms with van der Waals surface area (Å²) in [5.41, 5.74) is 5.91. The Morgan fingerprint density at radius 3 is 2.67 bits per heavy atom. The van der Waals surface area contributed by atoms with Crippen molar-refractivity contribution in [3.8, 4) is 5.75 Å². The van der Waals surface area contributed by atoms with Crippen LogP contribution in [0.4, 0.5) is 17.6 Å². The summed E-state index contributed by atoms with van der Waals surface area (Å²) in [4.78, 5) is 12.6. The van der Waals surface area contributed by atoms with Gasteiger partial charge in [0.25, 0.3) is 5.92 Å². The largest absolute Gasteiger partial charge is 0.489 e. The Morgan fingerprint density at radius 1 is 1.22 bits per heavy atom. The van der Waals surface area contributed by atoms with Crippen LogP contribution in [0.1, 0.15) is 17.5 Å². The number of nitrogens with zero attached hydrogens (tertiary/aromatic N) is 1. The fourth-order valence-electron chi connectivity index (χ4n) is 3.09. The van der Waals surface area contributed by atoms with Crippen molar-refractivity contribution < 1.29 is 27.1 Å². The quantitative estimate of drug-likeness (QED) is 0.781. The third kappa shape index (κ3) is 4.77. The van der Waals surface area contributed by atoms with Gasteiger partial charge in [0.1, 0.15) is 24.0 Å². The minimum Gasteiger partial charge on any atom is -0.489 e. The van der Waals surface area contributed by atoms with E-state index in [1.165, 1.54) is 29.2 Å². The second-order valence-electron chi connectivity index (χ2n) is 6.56. The molecule has 1 amide bonds. The van der Waals surface area contributed by atoms with Crippen LogP contribution in [0.5, 0.6) is 5.75 Å². The molecule has 1 saturated heterocycles. The highest BCUT2D eigenvalue weighted by molar-refractivity contribution is 5.80. The van der Waals surface area contributed by atoms with E-state index in [9.17, 15) is 22.4 Å². The maximum atomic E-state index is 14.3. The second-order valence-corrected chi connectivity index (χ2v) is 6.56. The van der Waals surface area contributed by atoms with E-state index in [0.717, 1.165) is 6.07 Å². The molecule has 8 heteroatoms. The van der Waals surface area contributed by atoms with Gasteiger partial charge in [-0.05, 0) is 23.8 Å². The molecule has 2 aromatic rings. The second kappa shape index (κ2) is 7.56. The highest BCUT2D eigenvalue weighted by Crippen LogP contribution is 2.33. The number of halogens is 4. The molecule has 0 aliphatic carbocycles. The Hall–Kier alpha value is -2.61. The van der Waals surface area contributed by atoms with Crippen LogP contribution in [0.25, 0.3) is 0 Å². The monoisotopic (exact) mass is 382 g/mol. The minimum absolute atomic E-state index is 0.0542. The van der Waals surface area contributed by atoms with E-state index >= 15 is 0 Å². The van der Waals surface area contributed by atoms with Crippen molar-refractivity contribution in [2.75, 3.05) is 6.54 Å². The summed E-state index contributed by atoms with van der Waals surface area (Å²) in [7, 11) is 0. The molecule has 1 unspecified atom stereocenters. The zero-order chi connectivity index (χ0) is 19.6. The summed E-state index contributed by atoms with van der Waals surface area (Å²) < 4.78 is 60.1. The minimum atomic E-state index is -3.04. The maximum absolute atomic E-state index is 14.3. The highest BCUT2D eigenvalue weighted by atomic mass is 19.3. The molecule has 2 aromatic carbocycles. The van der Waals surface area contributed by atoms with E-state index in [-0.39, 0.29) is 24.5 Å². The summed E-state index contributed by atoms with van der Waals surface area (Å²) in [6.07, 6.45) is -0.668. The first-order chi connectivity index (χ1) is 12.7. The molecule has 1 aliphatic heterocycles. The van der Waals surface area contributed by atoms with Gasteiger partial charge in [-0.1, -0.05) is 18.2 Å². The van der Waals surface area contributed by atoms with Gasteiger partial charge < -0.3 is 10.5 Å². The number of amides is 1. The van der Waals surface area contributed by atoms with Crippen LogP contribution in [0.3, 0.4) is 0 Å². The zero-order valence-corrected chi connectivity index (χ0v) is 14.3. The van der Waals surface area contributed by atoms with E-state index in [1.807, 2.05) is 0 Å². The van der Waals surface area contributed by atoms with Crippen LogP contribution in [-0.2, 0) is 17.9 Å². The lowest BCUT2D eigenvalue weighted by Crippen LogP contribution is -2.39. The number of carbonyl (C=O) groups is 1. The van der Waals surface area contributed by atoms with Crippen LogP contribution in [-0.4, -0.2) is 29.3 Å². The van der Waals surface area contributed by atoms with Gasteiger partial charge in [-0.15, -0.1) is 0 Å². The summed E-state index contributed by atoms with van der Waals surface area (Å²) in [5.74, 6) is -4.72. The van der Waals surface area contributed by atoms with Gasteiger partial charge in [0.15, 0.2) is 0 Å². The average molecular weight is 382 g/mol. The Labute approximate surface area is 153 Å². The highest BCUT2D eigenvalue weighted by Gasteiger charge is 2.47. The topological polar surface area (TPSA) is 55.6 Å². The van der Waals surface area contributed by atoms with Crippen molar-refractivity contribution in [2.45, 2.75) is 31.5 Å². The van der Waals surface area contributed by atoms with Crippen LogP contribution >= 0.6 is 0 Å². The molecule has 0 bridgehead atoms. The molecule has 3 rings (SSSR count). The van der Waals surface area contributed by atoms with Crippen LogP contribution in [0, 0.1) is 11.6 Å². The molecule has 0 spiro atoms. The molecule has 1 aliphatic rings. The van der Waals surface area contributed by atoms with Gasteiger partial charge in [0.2, 0.25) is 5.91 Å². The fourth-order valence-corrected chi connectivity index (χ4v) is 3.09. The molecule has 27 heavy (non-hydrogen) atoms. The van der Waals surface area contributed by atoms with Gasteiger partial charge >= 0.3 is 0 Å². The van der Waals surface area contributed by atoms with Crippen LogP contribution < -0.4 is 10.5 Å². The summed E-state index contributed by atoms with van der Waals surface area (Å²) >= 11 is 0. The van der Waals surface area contributed by atoms with Gasteiger partial charge in [-0.2, -0.15) is 0 Å². The lowest BCUT2D eigenvalue weighted by molar-refractivity contribution is -0.122. The number of hydrogen-bond donors (Lipinski definition) is 1. The fraction of sp³-hybridized carbons (Fsp3) is 0.316. The standard InChI is InChI=1S/C19H18F4N2O2/c20-14-3-1-2-12(6-14)10-27-15-5-4-13(16(21)7-15)9-25-11-19(22,23)8-17(25)18(24)26/h1-7,17H,8-11H2,(H2,24,26). The number of alkyl halides is 2. The van der Waals surface area contributed by atoms with Crippen molar-refractivity contribution >= 4 is 5.91 Å². The van der Waals surface area contributed by atoms with E-state index in [2.05, 4.69) is 0 Å². The number of nitrogens with two attached hydrogens (primary N) is 1. The third-order valence-corrected chi connectivity index (χ3v) is 4.39.